The molecule has 1 saturated heterocycles. The first kappa shape index (κ1) is 13.3. The van der Waals surface area contributed by atoms with Crippen molar-refractivity contribution in [3.63, 3.8) is 0 Å². The van der Waals surface area contributed by atoms with Gasteiger partial charge in [-0.05, 0) is 38.5 Å². The molecular weight excluding hydrogens is 234 g/mol. The molecule has 1 unspecified atom stereocenters. The second kappa shape index (κ2) is 5.69. The molecule has 1 aliphatic heterocycles. The normalized spacial score (nSPS) is 32.2. The molecule has 2 aliphatic rings. The first-order valence-electron chi connectivity index (χ1n) is 6.70. The first-order chi connectivity index (χ1) is 8.59. The van der Waals surface area contributed by atoms with E-state index in [0.29, 0.717) is 19.4 Å². The maximum Gasteiger partial charge on any atom is 0.306 e. The van der Waals surface area contributed by atoms with Gasteiger partial charge in [0.05, 0.1) is 5.92 Å². The van der Waals surface area contributed by atoms with Gasteiger partial charge in [0.2, 0.25) is 0 Å². The molecule has 1 heterocycles. The summed E-state index contributed by atoms with van der Waals surface area (Å²) in [6, 6.07) is 0.178. The van der Waals surface area contributed by atoms with Gasteiger partial charge < -0.3 is 14.7 Å². The van der Waals surface area contributed by atoms with Crippen LogP contribution in [0.15, 0.2) is 0 Å². The molecule has 0 aromatic carbocycles. The fourth-order valence-corrected chi connectivity index (χ4v) is 2.89. The Labute approximate surface area is 107 Å². The molecule has 0 radical (unpaired) electrons. The summed E-state index contributed by atoms with van der Waals surface area (Å²) in [4.78, 5) is 24.8. The van der Waals surface area contributed by atoms with Crippen LogP contribution in [-0.2, 0) is 14.3 Å². The van der Waals surface area contributed by atoms with Crippen LogP contribution in [0.25, 0.3) is 0 Å². The second-order valence-electron chi connectivity index (χ2n) is 5.29. The summed E-state index contributed by atoms with van der Waals surface area (Å²) in [7, 11) is 1.82. The Morgan fingerprint density at radius 3 is 2.33 bits per heavy atom. The summed E-state index contributed by atoms with van der Waals surface area (Å²) in [5, 5.41) is 8.94. The number of aliphatic carboxylic acids is 1. The van der Waals surface area contributed by atoms with E-state index in [-0.39, 0.29) is 24.0 Å². The van der Waals surface area contributed by atoms with Crippen molar-refractivity contribution < 1.29 is 19.4 Å². The highest BCUT2D eigenvalue weighted by Crippen LogP contribution is 2.28. The van der Waals surface area contributed by atoms with Crippen LogP contribution in [0.4, 0.5) is 0 Å². The number of ether oxygens (including phenoxy) is 1. The number of likely N-dealkylation sites (N-methyl/N-ethyl adjacent to an activating group) is 1. The lowest BCUT2D eigenvalue weighted by Crippen LogP contribution is -2.44. The van der Waals surface area contributed by atoms with Gasteiger partial charge in [-0.1, -0.05) is 0 Å². The van der Waals surface area contributed by atoms with E-state index in [1.807, 2.05) is 7.05 Å². The predicted molar refractivity (Wildman–Crippen MR) is 65.1 cm³/mol. The monoisotopic (exact) mass is 255 g/mol. The molecule has 5 heteroatoms. The number of carboxylic acid groups (broad SMARTS) is 1. The lowest BCUT2D eigenvalue weighted by molar-refractivity contribution is -0.145. The van der Waals surface area contributed by atoms with Crippen LogP contribution in [0.2, 0.25) is 0 Å². The van der Waals surface area contributed by atoms with Crippen LogP contribution < -0.4 is 0 Å². The maximum absolute atomic E-state index is 12.1. The summed E-state index contributed by atoms with van der Waals surface area (Å²) in [6.45, 7) is 0.677. The average molecular weight is 255 g/mol. The van der Waals surface area contributed by atoms with Crippen molar-refractivity contribution in [1.29, 1.82) is 0 Å². The molecule has 1 saturated carbocycles. The van der Waals surface area contributed by atoms with Crippen molar-refractivity contribution >= 4 is 11.9 Å². The van der Waals surface area contributed by atoms with Crippen LogP contribution in [-0.4, -0.2) is 47.7 Å². The van der Waals surface area contributed by atoms with E-state index in [1.54, 1.807) is 4.90 Å². The number of amides is 1. The molecule has 0 spiro atoms. The molecule has 0 aromatic rings. The van der Waals surface area contributed by atoms with Crippen LogP contribution in [0.5, 0.6) is 0 Å². The van der Waals surface area contributed by atoms with Crippen molar-refractivity contribution in [2.75, 3.05) is 13.7 Å². The van der Waals surface area contributed by atoms with E-state index >= 15 is 0 Å². The van der Waals surface area contributed by atoms with Gasteiger partial charge in [-0.15, -0.1) is 0 Å². The zero-order valence-corrected chi connectivity index (χ0v) is 10.8. The van der Waals surface area contributed by atoms with Gasteiger partial charge in [0.15, 0.2) is 0 Å². The highest BCUT2D eigenvalue weighted by Gasteiger charge is 2.33. The molecular formula is C13H21NO4. The van der Waals surface area contributed by atoms with Gasteiger partial charge >= 0.3 is 5.97 Å². The quantitative estimate of drug-likeness (QED) is 0.824. The van der Waals surface area contributed by atoms with Crippen LogP contribution in [0.3, 0.4) is 0 Å². The summed E-state index contributed by atoms with van der Waals surface area (Å²) in [5.41, 5.74) is 0. The summed E-state index contributed by atoms with van der Waals surface area (Å²) in [6.07, 6.45) is 4.40. The minimum absolute atomic E-state index is 0.0614. The lowest BCUT2D eigenvalue weighted by Gasteiger charge is -2.34. The summed E-state index contributed by atoms with van der Waals surface area (Å²) < 4.78 is 5.40. The summed E-state index contributed by atoms with van der Waals surface area (Å²) in [5.74, 6) is -0.875. The zero-order chi connectivity index (χ0) is 13.1. The average Bonchev–Trinajstić information content (AvgIpc) is 2.91. The molecule has 1 aliphatic carbocycles. The molecule has 1 amide bonds. The van der Waals surface area contributed by atoms with Gasteiger partial charge in [-0.2, -0.15) is 0 Å². The Morgan fingerprint density at radius 1 is 1.17 bits per heavy atom. The Kier molecular flexibility index (Phi) is 4.22. The Balaban J connectivity index is 1.84. The molecule has 2 fully saturated rings. The van der Waals surface area contributed by atoms with Crippen LogP contribution in [0.1, 0.15) is 38.5 Å². The number of carbonyl (C=O) groups excluding carboxylic acids is 1. The Bertz CT molecular complexity index is 317. The second-order valence-corrected chi connectivity index (χ2v) is 5.29. The minimum atomic E-state index is -0.707. The fraction of sp³-hybridized carbons (Fsp3) is 0.846. The summed E-state index contributed by atoms with van der Waals surface area (Å²) >= 11 is 0. The van der Waals surface area contributed by atoms with E-state index in [2.05, 4.69) is 0 Å². The number of carboxylic acids is 1. The first-order valence-corrected chi connectivity index (χ1v) is 6.70. The van der Waals surface area contributed by atoms with Crippen molar-refractivity contribution in [2.24, 2.45) is 5.92 Å². The van der Waals surface area contributed by atoms with E-state index in [9.17, 15) is 9.59 Å². The Morgan fingerprint density at radius 2 is 1.83 bits per heavy atom. The van der Waals surface area contributed by atoms with Crippen LogP contribution in [0, 0.1) is 5.92 Å². The van der Waals surface area contributed by atoms with E-state index in [4.69, 9.17) is 9.84 Å². The number of hydrogen-bond acceptors (Lipinski definition) is 3. The SMILES string of the molecule is CN(C(=O)C1CCCO1)C1CCC(C(=O)O)CC1. The topological polar surface area (TPSA) is 66.8 Å². The van der Waals surface area contributed by atoms with E-state index in [1.165, 1.54) is 0 Å². The largest absolute Gasteiger partial charge is 0.481 e. The lowest BCUT2D eigenvalue weighted by atomic mass is 9.85. The molecule has 1 N–H and O–H groups in total. The molecule has 5 nitrogen and oxygen atoms in total. The number of rotatable bonds is 3. The molecule has 0 aromatic heterocycles. The van der Waals surface area contributed by atoms with Gasteiger partial charge in [-0.3, -0.25) is 9.59 Å². The maximum atomic E-state index is 12.1. The van der Waals surface area contributed by atoms with Crippen molar-refractivity contribution in [3.8, 4) is 0 Å². The third-order valence-corrected chi connectivity index (χ3v) is 4.15. The number of hydrogen-bond donors (Lipinski definition) is 1. The fourth-order valence-electron chi connectivity index (χ4n) is 2.89. The highest BCUT2D eigenvalue weighted by atomic mass is 16.5. The van der Waals surface area contributed by atoms with Crippen LogP contribution >= 0.6 is 0 Å². The zero-order valence-electron chi connectivity index (χ0n) is 10.8. The van der Waals surface area contributed by atoms with Crippen molar-refractivity contribution in [2.45, 2.75) is 50.7 Å². The van der Waals surface area contributed by atoms with E-state index in [0.717, 1.165) is 25.7 Å². The van der Waals surface area contributed by atoms with Gasteiger partial charge in [0, 0.05) is 19.7 Å². The smallest absolute Gasteiger partial charge is 0.306 e. The van der Waals surface area contributed by atoms with Gasteiger partial charge in [-0.25, -0.2) is 0 Å². The number of nitrogens with zero attached hydrogens (tertiary/aromatic N) is 1. The van der Waals surface area contributed by atoms with Gasteiger partial charge in [0.1, 0.15) is 6.10 Å². The molecule has 2 rings (SSSR count). The standard InChI is InChI=1S/C13H21NO4/c1-14(12(15)11-3-2-8-18-11)10-6-4-9(5-7-10)13(16)17/h9-11H,2-8H2,1H3,(H,16,17). The molecule has 102 valence electrons. The molecule has 0 bridgehead atoms. The predicted octanol–water partition coefficient (Wildman–Crippen LogP) is 1.27. The third-order valence-electron chi connectivity index (χ3n) is 4.15. The Hall–Kier alpha value is -1.10. The minimum Gasteiger partial charge on any atom is -0.481 e. The molecule has 18 heavy (non-hydrogen) atoms. The highest BCUT2D eigenvalue weighted by molar-refractivity contribution is 5.81. The molecule has 1 atom stereocenters. The van der Waals surface area contributed by atoms with Gasteiger partial charge in [0.25, 0.3) is 5.91 Å². The third kappa shape index (κ3) is 2.83. The number of carbonyl (C=O) groups is 2. The van der Waals surface area contributed by atoms with Crippen molar-refractivity contribution in [3.05, 3.63) is 0 Å². The van der Waals surface area contributed by atoms with E-state index < -0.39 is 5.97 Å². The van der Waals surface area contributed by atoms with Crippen molar-refractivity contribution in [1.82, 2.24) is 4.90 Å².